The Morgan fingerprint density at radius 2 is 1.61 bits per heavy atom. The molecule has 0 aliphatic carbocycles. The second kappa shape index (κ2) is 9.54. The second-order valence-corrected chi connectivity index (χ2v) is 4.65. The smallest absolute Gasteiger partial charge is 0.0248 e. The van der Waals surface area contributed by atoms with Crippen LogP contribution in [-0.4, -0.2) is 0 Å². The van der Waals surface area contributed by atoms with Crippen LogP contribution in [-0.2, 0) is 0 Å². The molecule has 0 aromatic heterocycles. The number of unbranched alkanes of at least 4 members (excludes halogenated alkanes) is 2. The molecule has 0 heterocycles. The van der Waals surface area contributed by atoms with Crippen LogP contribution in [0.15, 0.2) is 42.0 Å². The van der Waals surface area contributed by atoms with Crippen molar-refractivity contribution in [2.45, 2.75) is 52.4 Å². The molecule has 1 rings (SSSR count). The molecule has 0 saturated carbocycles. The Morgan fingerprint density at radius 3 is 2.17 bits per heavy atom. The molecule has 0 aliphatic rings. The lowest BCUT2D eigenvalue weighted by Crippen LogP contribution is -1.84. The van der Waals surface area contributed by atoms with Crippen LogP contribution in [0.1, 0.15) is 57.9 Å². The minimum absolute atomic E-state index is 1.10. The van der Waals surface area contributed by atoms with E-state index in [1.54, 1.807) is 0 Å². The van der Waals surface area contributed by atoms with Crippen molar-refractivity contribution < 1.29 is 0 Å². The summed E-state index contributed by atoms with van der Waals surface area (Å²) in [4.78, 5) is 0. The van der Waals surface area contributed by atoms with Crippen LogP contribution in [0.4, 0.5) is 0 Å². The maximum Gasteiger partial charge on any atom is 0.0248 e. The Kier molecular flexibility index (Phi) is 7.73. The molecule has 0 nitrogen and oxygen atoms in total. The Bertz CT molecular complexity index is 391. The summed E-state index contributed by atoms with van der Waals surface area (Å²) in [6.07, 6.45) is 9.63. The van der Waals surface area contributed by atoms with Crippen molar-refractivity contribution in [3.05, 3.63) is 47.5 Å². The van der Waals surface area contributed by atoms with Crippen molar-refractivity contribution in [2.75, 3.05) is 0 Å². The molecule has 0 fully saturated rings. The fraction of sp³-hybridized carbons (Fsp3) is 0.444. The second-order valence-electron chi connectivity index (χ2n) is 4.65. The molecule has 0 N–H and O–H groups in total. The summed E-state index contributed by atoms with van der Waals surface area (Å²) in [5, 5.41) is 0. The van der Waals surface area contributed by atoms with Gasteiger partial charge in [-0.05, 0) is 43.9 Å². The average Bonchev–Trinajstić information content (AvgIpc) is 2.42. The molecule has 0 radical (unpaired) electrons. The van der Waals surface area contributed by atoms with Crippen molar-refractivity contribution in [1.82, 2.24) is 0 Å². The molecule has 1 aromatic carbocycles. The number of benzene rings is 1. The zero-order valence-corrected chi connectivity index (χ0v) is 11.7. The molecule has 96 valence electrons. The third-order valence-electron chi connectivity index (χ3n) is 2.97. The minimum Gasteiger partial charge on any atom is -0.0697 e. The summed E-state index contributed by atoms with van der Waals surface area (Å²) < 4.78 is 0. The van der Waals surface area contributed by atoms with E-state index in [4.69, 9.17) is 0 Å². The molecule has 18 heavy (non-hydrogen) atoms. The Labute approximate surface area is 112 Å². The normalized spacial score (nSPS) is 9.44. The average molecular weight is 240 g/mol. The van der Waals surface area contributed by atoms with Gasteiger partial charge in [-0.2, -0.15) is 0 Å². The standard InChI is InChI=1S/C18H24/c1-3-5-11-17(12-6-4-2)15-10-16-18-13-8-7-9-14-18/h7-9,13-15H,3-6,11-12H2,1-2H3. The van der Waals surface area contributed by atoms with Crippen LogP contribution >= 0.6 is 0 Å². The largest absolute Gasteiger partial charge is 0.0697 e. The number of hydrogen-bond acceptors (Lipinski definition) is 0. The summed E-state index contributed by atoms with van der Waals surface area (Å²) in [5.41, 5.74) is 2.61. The molecule has 0 spiro atoms. The zero-order valence-electron chi connectivity index (χ0n) is 11.7. The van der Waals surface area contributed by atoms with Gasteiger partial charge in [-0.1, -0.05) is 62.3 Å². The van der Waals surface area contributed by atoms with Gasteiger partial charge in [0.25, 0.3) is 0 Å². The van der Waals surface area contributed by atoms with Crippen molar-refractivity contribution >= 4 is 0 Å². The molecule has 0 atom stereocenters. The van der Waals surface area contributed by atoms with Gasteiger partial charge < -0.3 is 0 Å². The summed E-state index contributed by atoms with van der Waals surface area (Å²) >= 11 is 0. The van der Waals surface area contributed by atoms with Crippen LogP contribution in [0.5, 0.6) is 0 Å². The highest BCUT2D eigenvalue weighted by Gasteiger charge is 1.95. The van der Waals surface area contributed by atoms with Gasteiger partial charge in [0.2, 0.25) is 0 Å². The highest BCUT2D eigenvalue weighted by atomic mass is 14.0. The maximum absolute atomic E-state index is 3.21. The first kappa shape index (κ1) is 14.6. The molecule has 1 aromatic rings. The molecule has 0 amide bonds. The van der Waals surface area contributed by atoms with Gasteiger partial charge in [-0.3, -0.25) is 0 Å². The van der Waals surface area contributed by atoms with E-state index >= 15 is 0 Å². The van der Waals surface area contributed by atoms with E-state index in [2.05, 4.69) is 43.9 Å². The third kappa shape index (κ3) is 6.30. The van der Waals surface area contributed by atoms with E-state index in [-0.39, 0.29) is 0 Å². The summed E-state index contributed by atoms with van der Waals surface area (Å²) in [7, 11) is 0. The van der Waals surface area contributed by atoms with Crippen molar-refractivity contribution in [3.63, 3.8) is 0 Å². The Balaban J connectivity index is 2.61. The lowest BCUT2D eigenvalue weighted by Gasteiger charge is -2.03. The molecule has 0 aliphatic heterocycles. The maximum atomic E-state index is 3.21. The SMILES string of the molecule is CCCCC(=CC#Cc1ccccc1)CCCC. The van der Waals surface area contributed by atoms with Crippen LogP contribution < -0.4 is 0 Å². The van der Waals surface area contributed by atoms with E-state index in [1.807, 2.05) is 18.2 Å². The Morgan fingerprint density at radius 1 is 1.00 bits per heavy atom. The molecular weight excluding hydrogens is 216 g/mol. The number of hydrogen-bond donors (Lipinski definition) is 0. The molecule has 0 saturated heterocycles. The van der Waals surface area contributed by atoms with Gasteiger partial charge in [0, 0.05) is 5.56 Å². The monoisotopic (exact) mass is 240 g/mol. The van der Waals surface area contributed by atoms with Gasteiger partial charge >= 0.3 is 0 Å². The fourth-order valence-corrected chi connectivity index (χ4v) is 1.82. The summed E-state index contributed by atoms with van der Waals surface area (Å²) in [6.45, 7) is 4.49. The van der Waals surface area contributed by atoms with Gasteiger partial charge in [-0.15, -0.1) is 0 Å². The van der Waals surface area contributed by atoms with Crippen LogP contribution in [0.25, 0.3) is 0 Å². The molecular formula is C18H24. The molecule has 0 heteroatoms. The topological polar surface area (TPSA) is 0 Å². The lowest BCUT2D eigenvalue weighted by atomic mass is 10.0. The van der Waals surface area contributed by atoms with E-state index < -0.39 is 0 Å². The predicted molar refractivity (Wildman–Crippen MR) is 80.5 cm³/mol. The zero-order chi connectivity index (χ0) is 13.1. The van der Waals surface area contributed by atoms with Gasteiger partial charge in [0.05, 0.1) is 0 Å². The van der Waals surface area contributed by atoms with Gasteiger partial charge in [0.15, 0.2) is 0 Å². The molecule has 0 bridgehead atoms. The summed E-state index contributed by atoms with van der Waals surface area (Å²) in [5.74, 6) is 6.41. The molecule has 0 unspecified atom stereocenters. The number of rotatable bonds is 6. The van der Waals surface area contributed by atoms with Crippen LogP contribution in [0.3, 0.4) is 0 Å². The number of allylic oxidation sites excluding steroid dienone is 2. The van der Waals surface area contributed by atoms with E-state index in [0.29, 0.717) is 0 Å². The minimum atomic E-state index is 1.10. The first-order valence-corrected chi connectivity index (χ1v) is 7.11. The quantitative estimate of drug-likeness (QED) is 0.588. The van der Waals surface area contributed by atoms with Crippen molar-refractivity contribution in [3.8, 4) is 11.8 Å². The third-order valence-corrected chi connectivity index (χ3v) is 2.97. The van der Waals surface area contributed by atoms with E-state index in [0.717, 1.165) is 5.56 Å². The highest BCUT2D eigenvalue weighted by Crippen LogP contribution is 2.14. The van der Waals surface area contributed by atoms with Crippen molar-refractivity contribution in [2.24, 2.45) is 0 Å². The predicted octanol–water partition coefficient (Wildman–Crippen LogP) is 5.34. The van der Waals surface area contributed by atoms with Gasteiger partial charge in [0.1, 0.15) is 0 Å². The fourth-order valence-electron chi connectivity index (χ4n) is 1.82. The first-order valence-electron chi connectivity index (χ1n) is 7.11. The lowest BCUT2D eigenvalue weighted by molar-refractivity contribution is 0.713. The summed E-state index contributed by atoms with van der Waals surface area (Å²) in [6, 6.07) is 10.2. The van der Waals surface area contributed by atoms with Crippen LogP contribution in [0.2, 0.25) is 0 Å². The Hall–Kier alpha value is -1.48. The first-order chi connectivity index (χ1) is 8.86. The van der Waals surface area contributed by atoms with Crippen molar-refractivity contribution in [1.29, 1.82) is 0 Å². The van der Waals surface area contributed by atoms with E-state index in [9.17, 15) is 0 Å². The van der Waals surface area contributed by atoms with Gasteiger partial charge in [-0.25, -0.2) is 0 Å². The highest BCUT2D eigenvalue weighted by molar-refractivity contribution is 5.37. The van der Waals surface area contributed by atoms with E-state index in [1.165, 1.54) is 44.1 Å². The van der Waals surface area contributed by atoms with Crippen LogP contribution in [0, 0.1) is 11.8 Å².